The average Bonchev–Trinajstić information content (AvgIpc) is 2.83. The van der Waals surface area contributed by atoms with Crippen LogP contribution in [0.5, 0.6) is 0 Å². The van der Waals surface area contributed by atoms with Gasteiger partial charge in [-0.25, -0.2) is 10.3 Å². The molecule has 0 aliphatic carbocycles. The number of carbonyl (C=O) groups is 1. The highest BCUT2D eigenvalue weighted by Crippen LogP contribution is 2.25. The van der Waals surface area contributed by atoms with Crippen LogP contribution in [0.25, 0.3) is 16.6 Å². The summed E-state index contributed by atoms with van der Waals surface area (Å²) in [6, 6.07) is 7.23. The van der Waals surface area contributed by atoms with Gasteiger partial charge in [0.05, 0.1) is 5.70 Å². The Bertz CT molecular complexity index is 683. The lowest BCUT2D eigenvalue weighted by Crippen LogP contribution is -2.11. The molecule has 5 heteroatoms. The molecule has 0 saturated heterocycles. The number of nitrogens with one attached hydrogen (secondary N) is 2. The Morgan fingerprint density at radius 2 is 2.22 bits per heavy atom. The summed E-state index contributed by atoms with van der Waals surface area (Å²) in [4.78, 5) is 18.8. The zero-order chi connectivity index (χ0) is 12.5. The maximum atomic E-state index is 11.0. The van der Waals surface area contributed by atoms with Crippen LogP contribution in [0.1, 0.15) is 16.1 Å². The molecular formula is C13H10N2O3. The first-order chi connectivity index (χ1) is 8.75. The van der Waals surface area contributed by atoms with Gasteiger partial charge in [0.1, 0.15) is 12.0 Å². The van der Waals surface area contributed by atoms with Crippen molar-refractivity contribution in [3.63, 3.8) is 0 Å². The van der Waals surface area contributed by atoms with E-state index in [0.717, 1.165) is 22.2 Å². The van der Waals surface area contributed by atoms with Crippen LogP contribution in [0.15, 0.2) is 42.7 Å². The Balaban J connectivity index is 2.20. The van der Waals surface area contributed by atoms with E-state index < -0.39 is 5.97 Å². The number of hydrogen-bond donors (Lipinski definition) is 3. The van der Waals surface area contributed by atoms with Gasteiger partial charge in [0.25, 0.3) is 0 Å². The first kappa shape index (κ1) is 10.5. The van der Waals surface area contributed by atoms with Gasteiger partial charge in [-0.2, -0.15) is 0 Å². The number of benzene rings is 1. The first-order valence-corrected chi connectivity index (χ1v) is 5.39. The molecule has 0 saturated carbocycles. The summed E-state index contributed by atoms with van der Waals surface area (Å²) < 4.78 is 0. The van der Waals surface area contributed by atoms with Gasteiger partial charge in [-0.15, -0.1) is 0 Å². The Morgan fingerprint density at radius 3 is 2.94 bits per heavy atom. The number of carboxylic acids is 1. The molecule has 2 heterocycles. The minimum atomic E-state index is -0.973. The first-order valence-electron chi connectivity index (χ1n) is 5.39. The maximum absolute atomic E-state index is 11.0. The third-order valence-electron chi connectivity index (χ3n) is 2.76. The molecule has 2 aromatic rings. The van der Waals surface area contributed by atoms with Crippen LogP contribution in [0.3, 0.4) is 0 Å². The molecular weight excluding hydrogens is 232 g/mol. The molecule has 0 bridgehead atoms. The van der Waals surface area contributed by atoms with Gasteiger partial charge >= 0.3 is 5.97 Å². The fourth-order valence-electron chi connectivity index (χ4n) is 1.96. The number of rotatable bonds is 2. The quantitative estimate of drug-likeness (QED) is 0.755. The third kappa shape index (κ3) is 1.62. The second kappa shape index (κ2) is 3.96. The number of aromatic amines is 1. The van der Waals surface area contributed by atoms with E-state index in [0.29, 0.717) is 0 Å². The third-order valence-corrected chi connectivity index (χ3v) is 2.76. The summed E-state index contributed by atoms with van der Waals surface area (Å²) in [7, 11) is 0. The lowest BCUT2D eigenvalue weighted by Gasteiger charge is -2.13. The molecule has 3 rings (SSSR count). The van der Waals surface area contributed by atoms with Crippen molar-refractivity contribution in [2.75, 3.05) is 0 Å². The molecule has 90 valence electrons. The van der Waals surface area contributed by atoms with E-state index in [-0.39, 0.29) is 5.69 Å². The van der Waals surface area contributed by atoms with E-state index in [4.69, 9.17) is 9.94 Å². The van der Waals surface area contributed by atoms with Crippen LogP contribution < -0.4 is 5.48 Å². The number of hydroxylamine groups is 1. The van der Waals surface area contributed by atoms with Crippen molar-refractivity contribution >= 4 is 22.6 Å². The van der Waals surface area contributed by atoms with Crippen LogP contribution in [-0.2, 0) is 4.84 Å². The van der Waals surface area contributed by atoms with Crippen LogP contribution in [-0.4, -0.2) is 16.1 Å². The predicted molar refractivity (Wildman–Crippen MR) is 66.6 cm³/mol. The van der Waals surface area contributed by atoms with Gasteiger partial charge < -0.3 is 14.9 Å². The minimum absolute atomic E-state index is 0.172. The maximum Gasteiger partial charge on any atom is 0.352 e. The van der Waals surface area contributed by atoms with Gasteiger partial charge in [-0.3, -0.25) is 0 Å². The molecule has 0 amide bonds. The fraction of sp³-hybridized carbons (Fsp3) is 0. The largest absolute Gasteiger partial charge is 0.477 e. The number of aromatic nitrogens is 1. The van der Waals surface area contributed by atoms with Crippen molar-refractivity contribution < 1.29 is 14.7 Å². The summed E-state index contributed by atoms with van der Waals surface area (Å²) in [6.07, 6.45) is 5.17. The molecule has 1 aliphatic rings. The summed E-state index contributed by atoms with van der Waals surface area (Å²) >= 11 is 0. The van der Waals surface area contributed by atoms with Crippen LogP contribution >= 0.6 is 0 Å². The molecule has 5 nitrogen and oxygen atoms in total. The highest BCUT2D eigenvalue weighted by molar-refractivity contribution is 5.98. The molecule has 1 aromatic carbocycles. The standard InChI is InChI=1S/C13H10N2O3/c16-13(17)12-7-9-8(3-1-4-10(9)14-12)11-5-2-6-18-15-11/h1-7,14-15H,(H,16,17). The van der Waals surface area contributed by atoms with E-state index >= 15 is 0 Å². The van der Waals surface area contributed by atoms with E-state index in [1.54, 1.807) is 12.1 Å². The summed E-state index contributed by atoms with van der Waals surface area (Å²) in [5.74, 6) is -0.973. The number of carboxylic acid groups (broad SMARTS) is 1. The van der Waals surface area contributed by atoms with Gasteiger partial charge in [0.15, 0.2) is 0 Å². The van der Waals surface area contributed by atoms with Crippen molar-refractivity contribution in [2.45, 2.75) is 0 Å². The molecule has 0 atom stereocenters. The fourth-order valence-corrected chi connectivity index (χ4v) is 1.96. The molecule has 3 N–H and O–H groups in total. The normalized spacial score (nSPS) is 13.9. The molecule has 1 aliphatic heterocycles. The summed E-state index contributed by atoms with van der Waals surface area (Å²) in [5, 5.41) is 9.83. The average molecular weight is 242 g/mol. The smallest absolute Gasteiger partial charge is 0.352 e. The Morgan fingerprint density at radius 1 is 1.33 bits per heavy atom. The van der Waals surface area contributed by atoms with Crippen molar-refractivity contribution in [3.8, 4) is 0 Å². The number of hydrogen-bond acceptors (Lipinski definition) is 3. The van der Waals surface area contributed by atoms with Crippen LogP contribution in [0.4, 0.5) is 0 Å². The number of aromatic carboxylic acids is 1. The predicted octanol–water partition coefficient (Wildman–Crippen LogP) is 2.26. The summed E-state index contributed by atoms with van der Waals surface area (Å²) in [5.41, 5.74) is 5.41. The van der Waals surface area contributed by atoms with Gasteiger partial charge in [0.2, 0.25) is 0 Å². The molecule has 18 heavy (non-hydrogen) atoms. The lowest BCUT2D eigenvalue weighted by atomic mass is 10.1. The van der Waals surface area contributed by atoms with E-state index in [1.807, 2.05) is 24.3 Å². The lowest BCUT2D eigenvalue weighted by molar-refractivity contribution is 0.0691. The summed E-state index contributed by atoms with van der Waals surface area (Å²) in [6.45, 7) is 0. The van der Waals surface area contributed by atoms with E-state index in [2.05, 4.69) is 10.5 Å². The number of fused-ring (bicyclic) bond motifs is 1. The zero-order valence-electron chi connectivity index (χ0n) is 9.31. The Kier molecular flexibility index (Phi) is 2.30. The molecule has 0 spiro atoms. The van der Waals surface area contributed by atoms with Gasteiger partial charge in [0, 0.05) is 16.5 Å². The SMILES string of the molecule is O=C(O)c1cc2c(C3=CC=CON3)cccc2[nH]1. The van der Waals surface area contributed by atoms with Crippen LogP contribution in [0.2, 0.25) is 0 Å². The molecule has 0 radical (unpaired) electrons. The van der Waals surface area contributed by atoms with E-state index in [9.17, 15) is 4.79 Å². The number of allylic oxidation sites excluding steroid dienone is 2. The molecule has 0 unspecified atom stereocenters. The Labute approximate surface area is 102 Å². The minimum Gasteiger partial charge on any atom is -0.477 e. The topological polar surface area (TPSA) is 74.3 Å². The van der Waals surface area contributed by atoms with Crippen LogP contribution in [0, 0.1) is 0 Å². The van der Waals surface area contributed by atoms with Crippen molar-refractivity contribution in [1.29, 1.82) is 0 Å². The highest BCUT2D eigenvalue weighted by atomic mass is 16.6. The van der Waals surface area contributed by atoms with Crippen molar-refractivity contribution in [2.24, 2.45) is 0 Å². The Hall–Kier alpha value is -2.69. The second-order valence-corrected chi connectivity index (χ2v) is 3.88. The molecule has 1 aromatic heterocycles. The van der Waals surface area contributed by atoms with Crippen molar-refractivity contribution in [1.82, 2.24) is 10.5 Å². The van der Waals surface area contributed by atoms with Crippen molar-refractivity contribution in [3.05, 3.63) is 53.9 Å². The van der Waals surface area contributed by atoms with Gasteiger partial charge in [-0.05, 0) is 24.3 Å². The van der Waals surface area contributed by atoms with E-state index in [1.165, 1.54) is 6.26 Å². The second-order valence-electron chi connectivity index (χ2n) is 3.88. The zero-order valence-corrected chi connectivity index (χ0v) is 9.31. The molecule has 0 fully saturated rings. The number of H-pyrrole nitrogens is 1. The highest BCUT2D eigenvalue weighted by Gasteiger charge is 2.13. The van der Waals surface area contributed by atoms with Gasteiger partial charge in [-0.1, -0.05) is 12.1 Å². The monoisotopic (exact) mass is 242 g/mol.